The van der Waals surface area contributed by atoms with Gasteiger partial charge in [0.2, 0.25) is 5.91 Å². The second-order valence-corrected chi connectivity index (χ2v) is 5.78. The molecule has 1 saturated heterocycles. The van der Waals surface area contributed by atoms with Crippen molar-refractivity contribution in [3.05, 3.63) is 29.3 Å². The minimum Gasteiger partial charge on any atom is -0.492 e. The van der Waals surface area contributed by atoms with E-state index in [0.717, 1.165) is 25.9 Å². The number of ether oxygens (including phenoxy) is 1. The zero-order chi connectivity index (χ0) is 15.1. The lowest BCUT2D eigenvalue weighted by Gasteiger charge is -2.31. The van der Waals surface area contributed by atoms with Crippen LogP contribution in [0.2, 0.25) is 5.02 Å². The molecule has 0 aliphatic carbocycles. The number of carbonyl (C=O) groups is 1. The summed E-state index contributed by atoms with van der Waals surface area (Å²) in [4.78, 5) is 14.0. The maximum absolute atomic E-state index is 12.1. The molecule has 1 aliphatic heterocycles. The molecule has 1 heterocycles. The van der Waals surface area contributed by atoms with Crippen LogP contribution in [0.1, 0.15) is 25.7 Å². The van der Waals surface area contributed by atoms with E-state index < -0.39 is 0 Å². The summed E-state index contributed by atoms with van der Waals surface area (Å²) in [7, 11) is 1.91. The number of para-hydroxylation sites is 1. The van der Waals surface area contributed by atoms with Crippen LogP contribution in [0.3, 0.4) is 0 Å². The molecule has 1 amide bonds. The first kappa shape index (κ1) is 16.1. The topological polar surface area (TPSA) is 41.6 Å². The zero-order valence-electron chi connectivity index (χ0n) is 12.5. The van der Waals surface area contributed by atoms with Crippen LogP contribution in [0, 0.1) is 0 Å². The van der Waals surface area contributed by atoms with Gasteiger partial charge in [-0.2, -0.15) is 0 Å². The largest absolute Gasteiger partial charge is 0.492 e. The van der Waals surface area contributed by atoms with Gasteiger partial charge in [-0.3, -0.25) is 4.79 Å². The first-order valence-electron chi connectivity index (χ1n) is 7.52. The standard InChI is InChI=1S/C16H23ClN2O2/c1-19(13-8-10-18-11-9-13)16(20)7-4-12-21-15-6-3-2-5-14(15)17/h2-3,5-6,13,18H,4,7-12H2,1H3. The van der Waals surface area contributed by atoms with E-state index in [4.69, 9.17) is 16.3 Å². The number of nitrogens with one attached hydrogen (secondary N) is 1. The molecule has 0 spiro atoms. The van der Waals surface area contributed by atoms with Crippen molar-refractivity contribution >= 4 is 17.5 Å². The van der Waals surface area contributed by atoms with Gasteiger partial charge in [-0.1, -0.05) is 23.7 Å². The van der Waals surface area contributed by atoms with Gasteiger partial charge in [-0.05, 0) is 44.5 Å². The molecule has 116 valence electrons. The van der Waals surface area contributed by atoms with Gasteiger partial charge in [0.1, 0.15) is 5.75 Å². The quantitative estimate of drug-likeness (QED) is 0.821. The molecule has 0 bridgehead atoms. The van der Waals surface area contributed by atoms with Crippen LogP contribution in [-0.4, -0.2) is 43.6 Å². The van der Waals surface area contributed by atoms with E-state index in [0.29, 0.717) is 36.3 Å². The van der Waals surface area contributed by atoms with Crippen molar-refractivity contribution < 1.29 is 9.53 Å². The van der Waals surface area contributed by atoms with Gasteiger partial charge in [0.15, 0.2) is 0 Å². The molecule has 0 saturated carbocycles. The maximum Gasteiger partial charge on any atom is 0.222 e. The highest BCUT2D eigenvalue weighted by Crippen LogP contribution is 2.23. The molecular weight excluding hydrogens is 288 g/mol. The Bertz CT molecular complexity index is 461. The third kappa shape index (κ3) is 4.90. The van der Waals surface area contributed by atoms with Crippen LogP contribution in [0.5, 0.6) is 5.75 Å². The second-order valence-electron chi connectivity index (χ2n) is 5.37. The smallest absolute Gasteiger partial charge is 0.222 e. The van der Waals surface area contributed by atoms with Crippen LogP contribution in [-0.2, 0) is 4.79 Å². The van der Waals surface area contributed by atoms with E-state index in [2.05, 4.69) is 5.32 Å². The van der Waals surface area contributed by atoms with Crippen LogP contribution in [0.15, 0.2) is 24.3 Å². The summed E-state index contributed by atoms with van der Waals surface area (Å²) in [6.07, 6.45) is 3.31. The van der Waals surface area contributed by atoms with Gasteiger partial charge in [-0.25, -0.2) is 0 Å². The van der Waals surface area contributed by atoms with Crippen LogP contribution in [0.4, 0.5) is 0 Å². The fourth-order valence-electron chi connectivity index (χ4n) is 2.54. The van der Waals surface area contributed by atoms with Crippen molar-refractivity contribution in [3.63, 3.8) is 0 Å². The predicted molar refractivity (Wildman–Crippen MR) is 84.8 cm³/mol. The van der Waals surface area contributed by atoms with Gasteiger partial charge >= 0.3 is 0 Å². The molecule has 1 fully saturated rings. The number of benzene rings is 1. The summed E-state index contributed by atoms with van der Waals surface area (Å²) in [5.41, 5.74) is 0. The van der Waals surface area contributed by atoms with E-state index in [9.17, 15) is 4.79 Å². The van der Waals surface area contributed by atoms with Crippen molar-refractivity contribution in [2.24, 2.45) is 0 Å². The maximum atomic E-state index is 12.1. The molecule has 0 atom stereocenters. The second kappa shape index (κ2) is 8.25. The number of nitrogens with zero attached hydrogens (tertiary/aromatic N) is 1. The lowest BCUT2D eigenvalue weighted by molar-refractivity contribution is -0.132. The Morgan fingerprint density at radius 2 is 2.10 bits per heavy atom. The van der Waals surface area contributed by atoms with Crippen molar-refractivity contribution in [1.29, 1.82) is 0 Å². The highest BCUT2D eigenvalue weighted by atomic mass is 35.5. The molecule has 1 aromatic rings. The summed E-state index contributed by atoms with van der Waals surface area (Å²) in [6.45, 7) is 2.51. The normalized spacial score (nSPS) is 15.7. The first-order valence-corrected chi connectivity index (χ1v) is 7.90. The summed E-state index contributed by atoms with van der Waals surface area (Å²) >= 11 is 6.01. The Kier molecular flexibility index (Phi) is 6.33. The van der Waals surface area contributed by atoms with Gasteiger partial charge < -0.3 is 15.0 Å². The van der Waals surface area contributed by atoms with Crippen molar-refractivity contribution in [2.45, 2.75) is 31.7 Å². The zero-order valence-corrected chi connectivity index (χ0v) is 13.2. The average molecular weight is 311 g/mol. The highest BCUT2D eigenvalue weighted by molar-refractivity contribution is 6.32. The molecule has 1 aliphatic rings. The third-order valence-electron chi connectivity index (χ3n) is 3.88. The fraction of sp³-hybridized carbons (Fsp3) is 0.562. The minimum atomic E-state index is 0.199. The number of halogens is 1. The summed E-state index contributed by atoms with van der Waals surface area (Å²) < 4.78 is 5.60. The number of rotatable bonds is 6. The molecule has 21 heavy (non-hydrogen) atoms. The van der Waals surface area contributed by atoms with Crippen molar-refractivity contribution in [2.75, 3.05) is 26.7 Å². The van der Waals surface area contributed by atoms with Gasteiger partial charge in [0.25, 0.3) is 0 Å². The molecule has 0 radical (unpaired) electrons. The summed E-state index contributed by atoms with van der Waals surface area (Å²) in [5.74, 6) is 0.878. The van der Waals surface area contributed by atoms with Crippen LogP contribution in [0.25, 0.3) is 0 Å². The van der Waals surface area contributed by atoms with Crippen LogP contribution >= 0.6 is 11.6 Å². The number of piperidine rings is 1. The van der Waals surface area contributed by atoms with Crippen molar-refractivity contribution in [1.82, 2.24) is 10.2 Å². The Morgan fingerprint density at radius 3 is 2.81 bits per heavy atom. The number of amides is 1. The van der Waals surface area contributed by atoms with E-state index in [1.165, 1.54) is 0 Å². The van der Waals surface area contributed by atoms with E-state index in [1.807, 2.05) is 30.1 Å². The number of hydrogen-bond donors (Lipinski definition) is 1. The molecule has 2 rings (SSSR count). The van der Waals surface area contributed by atoms with E-state index in [1.54, 1.807) is 6.07 Å². The number of carbonyl (C=O) groups excluding carboxylic acids is 1. The SMILES string of the molecule is CN(C(=O)CCCOc1ccccc1Cl)C1CCNCC1. The highest BCUT2D eigenvalue weighted by Gasteiger charge is 2.21. The summed E-state index contributed by atoms with van der Waals surface area (Å²) in [5, 5.41) is 3.92. The molecule has 0 unspecified atom stereocenters. The lowest BCUT2D eigenvalue weighted by Crippen LogP contribution is -2.43. The Morgan fingerprint density at radius 1 is 1.38 bits per heavy atom. The Hall–Kier alpha value is -1.26. The third-order valence-corrected chi connectivity index (χ3v) is 4.19. The first-order chi connectivity index (χ1) is 10.2. The Labute approximate surface area is 131 Å². The Balaban J connectivity index is 1.68. The van der Waals surface area contributed by atoms with Gasteiger partial charge in [0, 0.05) is 19.5 Å². The summed E-state index contributed by atoms with van der Waals surface area (Å²) in [6, 6.07) is 7.77. The molecule has 1 N–H and O–H groups in total. The molecule has 0 aromatic heterocycles. The predicted octanol–water partition coefficient (Wildman–Crippen LogP) is 2.71. The molecular formula is C16H23ClN2O2. The molecule has 1 aromatic carbocycles. The van der Waals surface area contributed by atoms with E-state index >= 15 is 0 Å². The monoisotopic (exact) mass is 310 g/mol. The minimum absolute atomic E-state index is 0.199. The molecule has 5 heteroatoms. The van der Waals surface area contributed by atoms with Gasteiger partial charge in [0.05, 0.1) is 11.6 Å². The average Bonchev–Trinajstić information content (AvgIpc) is 2.53. The van der Waals surface area contributed by atoms with Crippen LogP contribution < -0.4 is 10.1 Å². The lowest BCUT2D eigenvalue weighted by atomic mass is 10.0. The van der Waals surface area contributed by atoms with Gasteiger partial charge in [-0.15, -0.1) is 0 Å². The number of hydrogen-bond acceptors (Lipinski definition) is 3. The van der Waals surface area contributed by atoms with Crippen molar-refractivity contribution in [3.8, 4) is 5.75 Å². The fourth-order valence-corrected chi connectivity index (χ4v) is 2.73. The molecule has 4 nitrogen and oxygen atoms in total. The van der Waals surface area contributed by atoms with E-state index in [-0.39, 0.29) is 5.91 Å².